The molecule has 2 atom stereocenters. The molecule has 0 aliphatic rings. The average Bonchev–Trinajstić information content (AvgIpc) is 2.68. The van der Waals surface area contributed by atoms with Crippen molar-refractivity contribution in [2.45, 2.75) is 50.1 Å². The van der Waals surface area contributed by atoms with E-state index in [0.717, 1.165) is 31.1 Å². The maximum atomic E-state index is 12.7. The van der Waals surface area contributed by atoms with Gasteiger partial charge in [-0.2, -0.15) is 26.3 Å². The average molecular weight is 450 g/mol. The lowest BCUT2D eigenvalue weighted by Crippen LogP contribution is -2.35. The smallest absolute Gasteiger partial charge is 0.362 e. The van der Waals surface area contributed by atoms with Crippen LogP contribution in [0.5, 0.6) is 0 Å². The van der Waals surface area contributed by atoms with Gasteiger partial charge in [0.2, 0.25) is 0 Å². The molecule has 0 saturated heterocycles. The van der Waals surface area contributed by atoms with Gasteiger partial charge in [-0.15, -0.1) is 12.8 Å². The van der Waals surface area contributed by atoms with Gasteiger partial charge in [0.25, 0.3) is 0 Å². The van der Waals surface area contributed by atoms with E-state index in [2.05, 4.69) is 32.9 Å². The van der Waals surface area contributed by atoms with Crippen molar-refractivity contribution in [3.8, 4) is 12.8 Å². The van der Waals surface area contributed by atoms with Gasteiger partial charge < -0.3 is 5.32 Å². The number of aromatic nitrogens is 2. The van der Waals surface area contributed by atoms with Crippen LogP contribution in [0, 0.1) is 19.8 Å². The summed E-state index contributed by atoms with van der Waals surface area (Å²) in [5, 5.41) is 2.98. The second kappa shape index (κ2) is 10.5. The van der Waals surface area contributed by atoms with Crippen LogP contribution in [-0.2, 0) is 6.18 Å². The molecule has 4 nitrogen and oxygen atoms in total. The Morgan fingerprint density at radius 2 is 1.63 bits per heavy atom. The van der Waals surface area contributed by atoms with Crippen molar-refractivity contribution in [3.05, 3.63) is 47.4 Å². The molecule has 11 heteroatoms. The molecule has 0 aromatic carbocycles. The summed E-state index contributed by atoms with van der Waals surface area (Å²) < 4.78 is 77.8. The van der Waals surface area contributed by atoms with E-state index in [-0.39, 0.29) is 6.04 Å². The molecule has 0 spiro atoms. The fourth-order valence-electron chi connectivity index (χ4n) is 2.09. The standard InChI is InChI=1S/C17H18F6N4S.C2H2/c1-9-6-12(17(21,22)23)7-25-15(9)26-10(2)14-5-4-13(8-24-14)28-27-11(3)16(18,19)20;1-2/h4-8,10-11,27H,1-3H3,(H,25,26);1-2H/t10?,11-;/m0./s1. The van der Waals surface area contributed by atoms with Gasteiger partial charge in [0, 0.05) is 17.3 Å². The minimum absolute atomic E-state index is 0.293. The Bertz CT molecular complexity index is 834. The van der Waals surface area contributed by atoms with Crippen LogP contribution >= 0.6 is 11.9 Å². The van der Waals surface area contributed by atoms with Crippen LogP contribution in [-0.4, -0.2) is 22.2 Å². The molecule has 2 rings (SSSR count). The lowest BCUT2D eigenvalue weighted by atomic mass is 10.1. The highest BCUT2D eigenvalue weighted by Gasteiger charge is 2.35. The van der Waals surface area contributed by atoms with Gasteiger partial charge in [-0.3, -0.25) is 4.98 Å². The molecule has 2 aromatic heterocycles. The van der Waals surface area contributed by atoms with Crippen LogP contribution in [0.3, 0.4) is 0 Å². The van der Waals surface area contributed by atoms with Gasteiger partial charge in [-0.25, -0.2) is 9.71 Å². The number of alkyl halides is 6. The van der Waals surface area contributed by atoms with E-state index >= 15 is 0 Å². The van der Waals surface area contributed by atoms with Gasteiger partial charge in [0.05, 0.1) is 17.3 Å². The molecule has 164 valence electrons. The summed E-state index contributed by atoms with van der Waals surface area (Å²) >= 11 is 0.814. The lowest BCUT2D eigenvalue weighted by Gasteiger charge is -2.18. The van der Waals surface area contributed by atoms with Gasteiger partial charge in [0.1, 0.15) is 11.9 Å². The minimum atomic E-state index is -4.46. The number of halogens is 6. The number of pyridine rings is 2. The maximum Gasteiger partial charge on any atom is 0.417 e. The summed E-state index contributed by atoms with van der Waals surface area (Å²) in [6.07, 6.45) is 1.37. The molecular weight excluding hydrogens is 430 g/mol. The molecular formula is C19H20F6N4S. The number of aryl methyl sites for hydroxylation is 1. The zero-order valence-electron chi connectivity index (χ0n) is 16.3. The largest absolute Gasteiger partial charge is 0.417 e. The Kier molecular flexibility index (Phi) is 8.99. The molecule has 0 saturated carbocycles. The number of anilines is 1. The maximum absolute atomic E-state index is 12.7. The van der Waals surface area contributed by atoms with E-state index < -0.39 is 24.0 Å². The Labute approximate surface area is 175 Å². The number of nitrogens with one attached hydrogen (secondary N) is 2. The number of rotatable bonds is 6. The minimum Gasteiger partial charge on any atom is -0.362 e. The van der Waals surface area contributed by atoms with Crippen molar-refractivity contribution in [2.24, 2.45) is 0 Å². The summed E-state index contributed by atoms with van der Waals surface area (Å²) in [7, 11) is 0. The van der Waals surface area contributed by atoms with Crippen molar-refractivity contribution in [1.82, 2.24) is 14.7 Å². The SMILES string of the molecule is C#C.Cc1cc(C(F)(F)F)cnc1NC(C)c1ccc(SN[C@@H](C)C(F)(F)F)cn1. The molecule has 2 aromatic rings. The predicted molar refractivity (Wildman–Crippen MR) is 105 cm³/mol. The van der Waals surface area contributed by atoms with E-state index in [9.17, 15) is 26.3 Å². The Morgan fingerprint density at radius 3 is 2.10 bits per heavy atom. The van der Waals surface area contributed by atoms with Crippen LogP contribution in [0.2, 0.25) is 0 Å². The molecule has 1 unspecified atom stereocenters. The first-order valence-electron chi connectivity index (χ1n) is 8.46. The number of hydrogen-bond donors (Lipinski definition) is 2. The zero-order chi connectivity index (χ0) is 23.1. The third-order valence-corrected chi connectivity index (χ3v) is 4.75. The molecule has 0 aliphatic carbocycles. The lowest BCUT2D eigenvalue weighted by molar-refractivity contribution is -0.146. The molecule has 0 radical (unpaired) electrons. The first-order chi connectivity index (χ1) is 13.9. The highest BCUT2D eigenvalue weighted by molar-refractivity contribution is 7.97. The van der Waals surface area contributed by atoms with E-state index in [1.54, 1.807) is 19.1 Å². The highest BCUT2D eigenvalue weighted by atomic mass is 32.2. The Morgan fingerprint density at radius 1 is 1.00 bits per heavy atom. The molecule has 30 heavy (non-hydrogen) atoms. The number of terminal acetylenes is 1. The predicted octanol–water partition coefficient (Wildman–Crippen LogP) is 5.77. The van der Waals surface area contributed by atoms with E-state index in [1.807, 2.05) is 0 Å². The third-order valence-electron chi connectivity index (χ3n) is 3.81. The van der Waals surface area contributed by atoms with Crippen LogP contribution < -0.4 is 10.0 Å². The first-order valence-corrected chi connectivity index (χ1v) is 9.28. The number of hydrogen-bond acceptors (Lipinski definition) is 5. The molecule has 0 fully saturated rings. The summed E-state index contributed by atoms with van der Waals surface area (Å²) in [4.78, 5) is 8.51. The fraction of sp³-hybridized carbons (Fsp3) is 0.368. The molecule has 2 N–H and O–H groups in total. The Hall–Kier alpha value is -2.45. The van der Waals surface area contributed by atoms with E-state index in [0.29, 0.717) is 22.0 Å². The van der Waals surface area contributed by atoms with Crippen molar-refractivity contribution in [1.29, 1.82) is 0 Å². The number of nitrogens with zero attached hydrogens (tertiary/aromatic N) is 2. The Balaban J connectivity index is 0.00000218. The van der Waals surface area contributed by atoms with Crippen LogP contribution in [0.25, 0.3) is 0 Å². The van der Waals surface area contributed by atoms with E-state index in [4.69, 9.17) is 0 Å². The summed E-state index contributed by atoms with van der Waals surface area (Å²) in [6, 6.07) is 2.19. The van der Waals surface area contributed by atoms with Gasteiger partial charge >= 0.3 is 12.4 Å². The summed E-state index contributed by atoms with van der Waals surface area (Å²) in [5.41, 5.74) is 0.0665. The second-order valence-corrected chi connectivity index (χ2v) is 7.07. The van der Waals surface area contributed by atoms with Gasteiger partial charge in [-0.1, -0.05) is 0 Å². The molecule has 0 amide bonds. The normalized spacial score (nSPS) is 13.7. The second-order valence-electron chi connectivity index (χ2n) is 6.16. The molecule has 0 bridgehead atoms. The topological polar surface area (TPSA) is 49.8 Å². The zero-order valence-corrected chi connectivity index (χ0v) is 17.1. The van der Waals surface area contributed by atoms with Gasteiger partial charge in [0.15, 0.2) is 0 Å². The van der Waals surface area contributed by atoms with E-state index in [1.165, 1.54) is 13.1 Å². The van der Waals surface area contributed by atoms with Crippen molar-refractivity contribution < 1.29 is 26.3 Å². The van der Waals surface area contributed by atoms with Crippen LogP contribution in [0.1, 0.15) is 36.7 Å². The fourth-order valence-corrected chi connectivity index (χ4v) is 2.78. The first kappa shape index (κ1) is 25.6. The monoisotopic (exact) mass is 450 g/mol. The third kappa shape index (κ3) is 7.42. The summed E-state index contributed by atoms with van der Waals surface area (Å²) in [6.45, 7) is 4.27. The molecule has 0 aliphatic heterocycles. The van der Waals surface area contributed by atoms with Crippen LogP contribution in [0.4, 0.5) is 32.2 Å². The quantitative estimate of drug-likeness (QED) is 0.332. The van der Waals surface area contributed by atoms with Crippen molar-refractivity contribution in [3.63, 3.8) is 0 Å². The molecule has 2 heterocycles. The van der Waals surface area contributed by atoms with Crippen LogP contribution in [0.15, 0.2) is 35.5 Å². The van der Waals surface area contributed by atoms with Crippen molar-refractivity contribution in [2.75, 3.05) is 5.32 Å². The van der Waals surface area contributed by atoms with Gasteiger partial charge in [-0.05, 0) is 56.5 Å². The highest BCUT2D eigenvalue weighted by Crippen LogP contribution is 2.31. The van der Waals surface area contributed by atoms with Crippen molar-refractivity contribution >= 4 is 17.8 Å². The summed E-state index contributed by atoms with van der Waals surface area (Å²) in [5.74, 6) is 0.293.